The molecule has 0 N–H and O–H groups in total. The van der Waals surface area contributed by atoms with Crippen LogP contribution in [0.4, 0.5) is 4.79 Å². The van der Waals surface area contributed by atoms with Crippen LogP contribution in [0.25, 0.3) is 0 Å². The van der Waals surface area contributed by atoms with Gasteiger partial charge in [-0.3, -0.25) is 0 Å². The molecule has 2 atom stereocenters. The second kappa shape index (κ2) is 6.56. The van der Waals surface area contributed by atoms with Crippen molar-refractivity contribution in [3.63, 3.8) is 0 Å². The minimum Gasteiger partial charge on any atom is -0.497 e. The Hall–Kier alpha value is -2.49. The first-order valence-electron chi connectivity index (χ1n) is 8.22. The second-order valence-electron chi connectivity index (χ2n) is 6.36. The summed E-state index contributed by atoms with van der Waals surface area (Å²) in [5.41, 5.74) is 1.50. The summed E-state index contributed by atoms with van der Waals surface area (Å²) in [5.74, 6) is 0.791. The van der Waals surface area contributed by atoms with Gasteiger partial charge in [0, 0.05) is 13.0 Å². The van der Waals surface area contributed by atoms with E-state index >= 15 is 0 Å². The van der Waals surface area contributed by atoms with Crippen molar-refractivity contribution in [2.45, 2.75) is 31.9 Å². The van der Waals surface area contributed by atoms with Crippen LogP contribution in [0.5, 0.6) is 5.75 Å². The van der Waals surface area contributed by atoms with Gasteiger partial charge in [-0.2, -0.15) is 0 Å². The number of cyclic esters (lactones) is 1. The summed E-state index contributed by atoms with van der Waals surface area (Å²) in [6.45, 7) is 4.65. The highest BCUT2D eigenvalue weighted by Crippen LogP contribution is 2.36. The molecule has 0 radical (unpaired) electrons. The van der Waals surface area contributed by atoms with Crippen LogP contribution >= 0.6 is 0 Å². The summed E-state index contributed by atoms with van der Waals surface area (Å²) in [7, 11) is 1.64. The smallest absolute Gasteiger partial charge is 0.411 e. The molecule has 0 aromatic heterocycles. The lowest BCUT2D eigenvalue weighted by Crippen LogP contribution is -2.47. The van der Waals surface area contributed by atoms with Crippen LogP contribution in [-0.2, 0) is 10.3 Å². The van der Waals surface area contributed by atoms with Crippen molar-refractivity contribution in [1.29, 1.82) is 0 Å². The number of carbonyl (C=O) groups excluding carboxylic acids is 1. The maximum Gasteiger partial charge on any atom is 0.411 e. The molecule has 4 nitrogen and oxygen atoms in total. The first-order valence-corrected chi connectivity index (χ1v) is 8.22. The van der Waals surface area contributed by atoms with Gasteiger partial charge in [-0.1, -0.05) is 42.5 Å². The quantitative estimate of drug-likeness (QED) is 0.830. The maximum absolute atomic E-state index is 12.6. The van der Waals surface area contributed by atoms with Crippen molar-refractivity contribution in [3.8, 4) is 5.75 Å². The Balaban J connectivity index is 1.77. The summed E-state index contributed by atoms with van der Waals surface area (Å²) < 4.78 is 11.1. The third-order valence-corrected chi connectivity index (χ3v) is 4.80. The van der Waals surface area contributed by atoms with Crippen molar-refractivity contribution >= 4 is 6.09 Å². The monoisotopic (exact) mass is 325 g/mol. The van der Waals surface area contributed by atoms with Crippen LogP contribution in [0, 0.1) is 0 Å². The molecule has 126 valence electrons. The normalized spacial score (nSPS) is 22.0. The van der Waals surface area contributed by atoms with E-state index in [1.54, 1.807) is 12.0 Å². The molecule has 1 amide bonds. The van der Waals surface area contributed by atoms with Gasteiger partial charge in [0.15, 0.2) is 0 Å². The Morgan fingerprint density at radius 1 is 1.17 bits per heavy atom. The zero-order valence-corrected chi connectivity index (χ0v) is 14.4. The lowest BCUT2D eigenvalue weighted by atomic mass is 9.90. The molecule has 1 saturated heterocycles. The fraction of sp³-hybridized carbons (Fsp3) is 0.350. The lowest BCUT2D eigenvalue weighted by Gasteiger charge is -2.41. The van der Waals surface area contributed by atoms with Gasteiger partial charge >= 0.3 is 6.09 Å². The minimum atomic E-state index is -0.567. The Morgan fingerprint density at radius 2 is 1.92 bits per heavy atom. The van der Waals surface area contributed by atoms with E-state index in [1.807, 2.05) is 68.4 Å². The molecule has 24 heavy (non-hydrogen) atoms. The number of amides is 1. The molecule has 0 bridgehead atoms. The summed E-state index contributed by atoms with van der Waals surface area (Å²) in [6.07, 6.45) is 0.486. The summed E-state index contributed by atoms with van der Waals surface area (Å²) in [5, 5.41) is 0. The maximum atomic E-state index is 12.6. The van der Waals surface area contributed by atoms with Crippen LogP contribution in [0.3, 0.4) is 0 Å². The zero-order valence-electron chi connectivity index (χ0n) is 14.4. The molecule has 2 aromatic carbocycles. The number of hydrogen-bond acceptors (Lipinski definition) is 3. The molecule has 0 unspecified atom stereocenters. The van der Waals surface area contributed by atoms with Gasteiger partial charge in [-0.05, 0) is 37.1 Å². The van der Waals surface area contributed by atoms with Gasteiger partial charge in [0.2, 0.25) is 0 Å². The van der Waals surface area contributed by atoms with E-state index in [1.165, 1.54) is 0 Å². The third-order valence-electron chi connectivity index (χ3n) is 4.80. The van der Waals surface area contributed by atoms with Gasteiger partial charge < -0.3 is 14.4 Å². The van der Waals surface area contributed by atoms with Crippen molar-refractivity contribution in [1.82, 2.24) is 4.90 Å². The highest BCUT2D eigenvalue weighted by Gasteiger charge is 2.39. The highest BCUT2D eigenvalue weighted by atomic mass is 16.6. The van der Waals surface area contributed by atoms with E-state index in [-0.39, 0.29) is 12.1 Å². The SMILES string of the molecule is COc1cccc([C@H](C)N2CC[C@@](C)(c3ccccc3)OC2=O)c1. The Morgan fingerprint density at radius 3 is 2.58 bits per heavy atom. The number of methoxy groups -OCH3 is 1. The average Bonchev–Trinajstić information content (AvgIpc) is 2.62. The van der Waals surface area contributed by atoms with Crippen LogP contribution in [-0.4, -0.2) is 24.6 Å². The van der Waals surface area contributed by atoms with E-state index < -0.39 is 5.60 Å². The third kappa shape index (κ3) is 3.09. The second-order valence-corrected chi connectivity index (χ2v) is 6.36. The summed E-state index contributed by atoms with van der Waals surface area (Å²) >= 11 is 0. The molecule has 3 rings (SSSR count). The molecule has 0 saturated carbocycles. The number of carbonyl (C=O) groups is 1. The Kier molecular flexibility index (Phi) is 4.47. The Labute approximate surface area is 143 Å². The largest absolute Gasteiger partial charge is 0.497 e. The molecule has 0 spiro atoms. The molecule has 0 aliphatic carbocycles. The molecule has 1 aliphatic rings. The molecule has 1 heterocycles. The van der Waals surface area contributed by atoms with Gasteiger partial charge in [0.25, 0.3) is 0 Å². The molecule has 1 aliphatic heterocycles. The molecular formula is C20H23NO3. The fourth-order valence-electron chi connectivity index (χ4n) is 3.15. The van der Waals surface area contributed by atoms with Gasteiger partial charge in [0.1, 0.15) is 11.4 Å². The number of nitrogens with zero attached hydrogens (tertiary/aromatic N) is 1. The van der Waals surface area contributed by atoms with Crippen molar-refractivity contribution < 1.29 is 14.3 Å². The van der Waals surface area contributed by atoms with Crippen LogP contribution in [0.15, 0.2) is 54.6 Å². The van der Waals surface area contributed by atoms with Gasteiger partial charge in [-0.25, -0.2) is 4.79 Å². The van der Waals surface area contributed by atoms with Gasteiger partial charge in [-0.15, -0.1) is 0 Å². The summed E-state index contributed by atoms with van der Waals surface area (Å²) in [6, 6.07) is 17.7. The summed E-state index contributed by atoms with van der Waals surface area (Å²) in [4.78, 5) is 14.4. The topological polar surface area (TPSA) is 38.8 Å². The number of rotatable bonds is 4. The van der Waals surface area contributed by atoms with Crippen LogP contribution in [0.1, 0.15) is 37.4 Å². The van der Waals surface area contributed by atoms with Crippen molar-refractivity contribution in [2.24, 2.45) is 0 Å². The lowest BCUT2D eigenvalue weighted by molar-refractivity contribution is -0.0491. The minimum absolute atomic E-state index is 0.0621. The number of hydrogen-bond donors (Lipinski definition) is 0. The predicted molar refractivity (Wildman–Crippen MR) is 93.0 cm³/mol. The predicted octanol–water partition coefficient (Wildman–Crippen LogP) is 4.51. The fourth-order valence-corrected chi connectivity index (χ4v) is 3.15. The molecule has 4 heteroatoms. The molecule has 2 aromatic rings. The molecule has 1 fully saturated rings. The van der Waals surface area contributed by atoms with E-state index in [2.05, 4.69) is 0 Å². The average molecular weight is 325 g/mol. The van der Waals surface area contributed by atoms with Crippen molar-refractivity contribution in [3.05, 3.63) is 65.7 Å². The van der Waals surface area contributed by atoms with Gasteiger partial charge in [0.05, 0.1) is 13.2 Å². The first kappa shape index (κ1) is 16.4. The number of ether oxygens (including phenoxy) is 2. The van der Waals surface area contributed by atoms with Crippen LogP contribution < -0.4 is 4.74 Å². The standard InChI is InChI=1S/C20H23NO3/c1-15(16-8-7-11-18(14-16)23-3)21-13-12-20(2,24-19(21)22)17-9-5-4-6-10-17/h4-11,14-15H,12-13H2,1-3H3/t15-,20-/m0/s1. The van der Waals surface area contributed by atoms with E-state index in [0.29, 0.717) is 6.54 Å². The van der Waals surface area contributed by atoms with E-state index in [0.717, 1.165) is 23.3 Å². The highest BCUT2D eigenvalue weighted by molar-refractivity contribution is 5.70. The molecular weight excluding hydrogens is 302 g/mol. The Bertz CT molecular complexity index is 716. The number of benzene rings is 2. The van der Waals surface area contributed by atoms with Crippen molar-refractivity contribution in [2.75, 3.05) is 13.7 Å². The van der Waals surface area contributed by atoms with Crippen LogP contribution in [0.2, 0.25) is 0 Å². The zero-order chi connectivity index (χ0) is 17.2. The first-order chi connectivity index (χ1) is 11.5. The van der Waals surface area contributed by atoms with E-state index in [9.17, 15) is 4.79 Å². The van der Waals surface area contributed by atoms with E-state index in [4.69, 9.17) is 9.47 Å².